The van der Waals surface area contributed by atoms with Gasteiger partial charge in [0.15, 0.2) is 23.2 Å². The summed E-state index contributed by atoms with van der Waals surface area (Å²) in [5.74, 6) is -12.3. The molecule has 39 heavy (non-hydrogen) atoms. The molecule has 0 radical (unpaired) electrons. The summed E-state index contributed by atoms with van der Waals surface area (Å²) in [6.07, 6.45) is 0.665. The third-order valence-electron chi connectivity index (χ3n) is 6.22. The van der Waals surface area contributed by atoms with Crippen LogP contribution in [0.4, 0.5) is 17.6 Å². The van der Waals surface area contributed by atoms with Gasteiger partial charge >= 0.3 is 5.97 Å². The summed E-state index contributed by atoms with van der Waals surface area (Å²) in [5, 5.41) is 17.2. The number of ether oxygens (including phenoxy) is 1. The predicted molar refractivity (Wildman–Crippen MR) is 128 cm³/mol. The molecule has 4 rings (SSSR count). The first kappa shape index (κ1) is 27.5. The lowest BCUT2D eigenvalue weighted by Crippen LogP contribution is -2.53. The molecule has 13 heteroatoms. The Morgan fingerprint density at radius 2 is 1.82 bits per heavy atom. The van der Waals surface area contributed by atoms with E-state index in [9.17, 15) is 37.1 Å². The molecule has 204 valence electrons. The molecule has 1 aliphatic heterocycles. The van der Waals surface area contributed by atoms with Gasteiger partial charge < -0.3 is 20.0 Å². The number of aliphatic carboxylic acids is 1. The van der Waals surface area contributed by atoms with Crippen molar-refractivity contribution in [3.63, 3.8) is 0 Å². The molecule has 1 amide bonds. The van der Waals surface area contributed by atoms with Crippen LogP contribution in [0, 0.1) is 23.3 Å². The van der Waals surface area contributed by atoms with Crippen LogP contribution in [0.25, 0.3) is 10.8 Å². The molecule has 0 saturated heterocycles. The highest BCUT2D eigenvalue weighted by Gasteiger charge is 2.47. The SMILES string of the molecule is CCC1(C(=O)N[C@@H](CC(=O)O)C(=O)COc2c(F)c(F)cc(F)c2F)CC(c2nccc3ccccc23)=NO1. The van der Waals surface area contributed by atoms with Crippen LogP contribution >= 0.6 is 0 Å². The zero-order valence-electron chi connectivity index (χ0n) is 20.3. The van der Waals surface area contributed by atoms with E-state index >= 15 is 0 Å². The summed E-state index contributed by atoms with van der Waals surface area (Å²) < 4.78 is 59.2. The number of amides is 1. The van der Waals surface area contributed by atoms with Crippen molar-refractivity contribution in [2.24, 2.45) is 5.16 Å². The highest BCUT2D eigenvalue weighted by molar-refractivity contribution is 6.12. The van der Waals surface area contributed by atoms with Crippen LogP contribution in [0.1, 0.15) is 31.9 Å². The zero-order valence-corrected chi connectivity index (χ0v) is 20.3. The fourth-order valence-electron chi connectivity index (χ4n) is 4.06. The van der Waals surface area contributed by atoms with Gasteiger partial charge in [-0.2, -0.15) is 8.78 Å². The van der Waals surface area contributed by atoms with Gasteiger partial charge in [0.25, 0.3) is 5.91 Å². The first-order chi connectivity index (χ1) is 18.6. The number of fused-ring (bicyclic) bond motifs is 1. The number of Topliss-reactive ketones (excluding diaryl/α,β-unsaturated/α-hetero) is 1. The Kier molecular flexibility index (Phi) is 7.79. The monoisotopic (exact) mass is 547 g/mol. The Balaban J connectivity index is 1.51. The average Bonchev–Trinajstić information content (AvgIpc) is 3.36. The van der Waals surface area contributed by atoms with Crippen LogP contribution in [0.5, 0.6) is 5.75 Å². The number of nitrogens with one attached hydrogen (secondary N) is 1. The van der Waals surface area contributed by atoms with Crippen molar-refractivity contribution < 1.29 is 46.6 Å². The number of hydrogen-bond acceptors (Lipinski definition) is 7. The van der Waals surface area contributed by atoms with Gasteiger partial charge in [-0.05, 0) is 17.9 Å². The van der Waals surface area contributed by atoms with E-state index < -0.39 is 71.3 Å². The molecular formula is C26H21F4N3O6. The number of ketones is 1. The Morgan fingerprint density at radius 3 is 2.49 bits per heavy atom. The molecule has 0 spiro atoms. The first-order valence-corrected chi connectivity index (χ1v) is 11.7. The van der Waals surface area contributed by atoms with Gasteiger partial charge in [0.2, 0.25) is 17.2 Å². The van der Waals surface area contributed by atoms with Gasteiger partial charge in [0.05, 0.1) is 12.1 Å². The molecule has 2 aromatic carbocycles. The molecule has 2 heterocycles. The number of carboxylic acid groups (broad SMARTS) is 1. The zero-order chi connectivity index (χ0) is 28.3. The molecule has 1 aliphatic rings. The lowest BCUT2D eigenvalue weighted by atomic mass is 9.90. The van der Waals surface area contributed by atoms with E-state index in [1.54, 1.807) is 19.2 Å². The first-order valence-electron chi connectivity index (χ1n) is 11.7. The van der Waals surface area contributed by atoms with Gasteiger partial charge in [-0.25, -0.2) is 8.78 Å². The van der Waals surface area contributed by atoms with Crippen LogP contribution in [0.2, 0.25) is 0 Å². The molecule has 1 aromatic heterocycles. The normalized spacial score (nSPS) is 17.3. The fraction of sp³-hybridized carbons (Fsp3) is 0.269. The summed E-state index contributed by atoms with van der Waals surface area (Å²) in [6, 6.07) is 7.38. The lowest BCUT2D eigenvalue weighted by molar-refractivity contribution is -0.148. The van der Waals surface area contributed by atoms with Crippen molar-refractivity contribution in [2.45, 2.75) is 37.8 Å². The smallest absolute Gasteiger partial charge is 0.305 e. The minimum absolute atomic E-state index is 0.0390. The van der Waals surface area contributed by atoms with E-state index in [2.05, 4.69) is 20.2 Å². The Hall–Kier alpha value is -4.55. The van der Waals surface area contributed by atoms with E-state index in [4.69, 9.17) is 4.84 Å². The second kappa shape index (κ2) is 11.1. The van der Waals surface area contributed by atoms with Crippen LogP contribution in [0.3, 0.4) is 0 Å². The van der Waals surface area contributed by atoms with Crippen molar-refractivity contribution in [1.82, 2.24) is 10.3 Å². The van der Waals surface area contributed by atoms with Crippen molar-refractivity contribution in [1.29, 1.82) is 0 Å². The molecule has 2 N–H and O–H groups in total. The maximum Gasteiger partial charge on any atom is 0.305 e. The summed E-state index contributed by atoms with van der Waals surface area (Å²) >= 11 is 0. The third kappa shape index (κ3) is 5.52. The number of benzene rings is 2. The van der Waals surface area contributed by atoms with E-state index in [0.29, 0.717) is 11.4 Å². The number of oxime groups is 1. The molecule has 3 aromatic rings. The van der Waals surface area contributed by atoms with Crippen LogP contribution in [-0.2, 0) is 19.2 Å². The van der Waals surface area contributed by atoms with Crippen LogP contribution < -0.4 is 10.1 Å². The Bertz CT molecular complexity index is 1470. The van der Waals surface area contributed by atoms with Crippen molar-refractivity contribution in [3.8, 4) is 5.75 Å². The lowest BCUT2D eigenvalue weighted by Gasteiger charge is -2.26. The summed E-state index contributed by atoms with van der Waals surface area (Å²) in [4.78, 5) is 47.2. The van der Waals surface area contributed by atoms with Gasteiger partial charge in [0.1, 0.15) is 18.4 Å². The summed E-state index contributed by atoms with van der Waals surface area (Å²) in [6.45, 7) is 0.423. The van der Waals surface area contributed by atoms with Crippen molar-refractivity contribution in [2.75, 3.05) is 6.61 Å². The minimum Gasteiger partial charge on any atom is -0.481 e. The number of pyridine rings is 1. The number of aromatic nitrogens is 1. The minimum atomic E-state index is -1.88. The summed E-state index contributed by atoms with van der Waals surface area (Å²) in [5.41, 5.74) is -0.781. The molecule has 0 aliphatic carbocycles. The number of rotatable bonds is 10. The van der Waals surface area contributed by atoms with Gasteiger partial charge in [-0.3, -0.25) is 19.4 Å². The Morgan fingerprint density at radius 1 is 1.13 bits per heavy atom. The average molecular weight is 547 g/mol. The second-order valence-corrected chi connectivity index (χ2v) is 8.71. The van der Waals surface area contributed by atoms with E-state index in [1.807, 2.05) is 24.3 Å². The number of halogens is 4. The highest BCUT2D eigenvalue weighted by Crippen LogP contribution is 2.32. The fourth-order valence-corrected chi connectivity index (χ4v) is 4.06. The predicted octanol–water partition coefficient (Wildman–Crippen LogP) is 3.67. The topological polar surface area (TPSA) is 127 Å². The van der Waals surface area contributed by atoms with Crippen LogP contribution in [0.15, 0.2) is 47.8 Å². The Labute approximate surface area is 218 Å². The second-order valence-electron chi connectivity index (χ2n) is 8.71. The number of hydrogen-bond donors (Lipinski definition) is 2. The molecular weight excluding hydrogens is 526 g/mol. The molecule has 0 fully saturated rings. The molecule has 2 atom stereocenters. The largest absolute Gasteiger partial charge is 0.481 e. The summed E-state index contributed by atoms with van der Waals surface area (Å²) in [7, 11) is 0. The molecule has 9 nitrogen and oxygen atoms in total. The number of carboxylic acids is 1. The number of carbonyl (C=O) groups is 3. The van der Waals surface area contributed by atoms with Gasteiger partial charge in [-0.1, -0.05) is 36.3 Å². The van der Waals surface area contributed by atoms with E-state index in [0.717, 1.165) is 10.8 Å². The number of carbonyl (C=O) groups excluding carboxylic acids is 2. The van der Waals surface area contributed by atoms with E-state index in [-0.39, 0.29) is 18.9 Å². The third-order valence-corrected chi connectivity index (χ3v) is 6.22. The molecule has 0 saturated carbocycles. The number of nitrogens with zero attached hydrogens (tertiary/aromatic N) is 2. The maximum atomic E-state index is 13.9. The quantitative estimate of drug-likeness (QED) is 0.293. The molecule has 0 bridgehead atoms. The molecule has 1 unspecified atom stereocenters. The van der Waals surface area contributed by atoms with E-state index in [1.165, 1.54) is 0 Å². The van der Waals surface area contributed by atoms with Crippen molar-refractivity contribution >= 4 is 34.1 Å². The highest BCUT2D eigenvalue weighted by atomic mass is 19.2. The van der Waals surface area contributed by atoms with Gasteiger partial charge in [0, 0.05) is 24.1 Å². The standard InChI is InChI=1S/C26H21F4N3O6/c1-2-26(11-18(33-39-26)23-14-6-4-3-5-13(14)7-8-31-23)25(37)32-17(10-20(35)36)19(34)12-38-24-21(29)15(27)9-16(28)22(24)30/h3-9,17H,2,10-12H2,1H3,(H,32,37)(H,35,36)/t17-,26?/m0/s1. The maximum absolute atomic E-state index is 13.9. The van der Waals surface area contributed by atoms with Crippen LogP contribution in [-0.4, -0.2) is 51.7 Å². The van der Waals surface area contributed by atoms with Crippen molar-refractivity contribution in [3.05, 3.63) is 71.6 Å². The van der Waals surface area contributed by atoms with Gasteiger partial charge in [-0.15, -0.1) is 0 Å².